The molecule has 2 heterocycles. The number of aromatic nitrogens is 3. The summed E-state index contributed by atoms with van der Waals surface area (Å²) in [7, 11) is 0. The molecule has 0 saturated carbocycles. The van der Waals surface area contributed by atoms with Crippen LogP contribution in [0.15, 0.2) is 71.8 Å². The van der Waals surface area contributed by atoms with Crippen LogP contribution >= 0.6 is 0 Å². The lowest BCUT2D eigenvalue weighted by Crippen LogP contribution is -2.18. The van der Waals surface area contributed by atoms with Gasteiger partial charge >= 0.3 is 0 Å². The van der Waals surface area contributed by atoms with Crippen molar-refractivity contribution in [2.75, 3.05) is 0 Å². The van der Waals surface area contributed by atoms with Crippen molar-refractivity contribution in [3.05, 3.63) is 89.1 Å². The highest BCUT2D eigenvalue weighted by Crippen LogP contribution is 2.29. The van der Waals surface area contributed by atoms with Crippen LogP contribution in [0.3, 0.4) is 0 Å². The van der Waals surface area contributed by atoms with E-state index in [1.54, 1.807) is 12.3 Å². The molecular formula is C27H25N5O. The van der Waals surface area contributed by atoms with Crippen LogP contribution in [0.2, 0.25) is 0 Å². The average Bonchev–Trinajstić information content (AvgIpc) is 3.44. The Morgan fingerprint density at radius 1 is 1.00 bits per heavy atom. The Kier molecular flexibility index (Phi) is 5.26. The van der Waals surface area contributed by atoms with Gasteiger partial charge in [0.2, 0.25) is 0 Å². The Morgan fingerprint density at radius 2 is 1.82 bits per heavy atom. The second kappa shape index (κ2) is 8.39. The Morgan fingerprint density at radius 3 is 2.64 bits per heavy atom. The van der Waals surface area contributed by atoms with Crippen LogP contribution < -0.4 is 5.43 Å². The lowest BCUT2D eigenvalue weighted by molar-refractivity contribution is 0.0950. The van der Waals surface area contributed by atoms with E-state index < -0.39 is 0 Å². The molecule has 0 aliphatic carbocycles. The van der Waals surface area contributed by atoms with Crippen molar-refractivity contribution in [3.8, 4) is 11.3 Å². The molecule has 0 unspecified atom stereocenters. The molecule has 33 heavy (non-hydrogen) atoms. The molecule has 164 valence electrons. The van der Waals surface area contributed by atoms with Crippen molar-refractivity contribution < 1.29 is 4.79 Å². The van der Waals surface area contributed by atoms with E-state index in [2.05, 4.69) is 94.6 Å². The van der Waals surface area contributed by atoms with E-state index in [0.717, 1.165) is 23.4 Å². The summed E-state index contributed by atoms with van der Waals surface area (Å²) in [5.41, 5.74) is 10.4. The molecule has 0 saturated heterocycles. The van der Waals surface area contributed by atoms with Gasteiger partial charge in [-0.1, -0.05) is 36.4 Å². The number of aryl methyl sites for hydroxylation is 3. The molecule has 0 aliphatic heterocycles. The Bertz CT molecular complexity index is 1520. The molecule has 0 spiro atoms. The molecule has 0 radical (unpaired) electrons. The predicted molar refractivity (Wildman–Crippen MR) is 134 cm³/mol. The van der Waals surface area contributed by atoms with Crippen molar-refractivity contribution in [2.45, 2.75) is 27.3 Å². The lowest BCUT2D eigenvalue weighted by Gasteiger charge is -2.02. The molecule has 5 rings (SSSR count). The lowest BCUT2D eigenvalue weighted by atomic mass is 10.0. The molecule has 5 aromatic rings. The van der Waals surface area contributed by atoms with Gasteiger partial charge in [0.1, 0.15) is 5.69 Å². The maximum atomic E-state index is 12.5. The van der Waals surface area contributed by atoms with Gasteiger partial charge in [-0.05, 0) is 67.8 Å². The van der Waals surface area contributed by atoms with E-state index in [1.165, 1.54) is 32.9 Å². The number of carbonyl (C=O) groups is 1. The van der Waals surface area contributed by atoms with Crippen molar-refractivity contribution in [1.29, 1.82) is 0 Å². The van der Waals surface area contributed by atoms with E-state index in [0.29, 0.717) is 5.69 Å². The molecular weight excluding hydrogens is 410 g/mol. The van der Waals surface area contributed by atoms with Gasteiger partial charge in [-0.15, -0.1) is 0 Å². The number of para-hydroxylation sites is 1. The first kappa shape index (κ1) is 20.7. The van der Waals surface area contributed by atoms with E-state index >= 15 is 0 Å². The first-order chi connectivity index (χ1) is 16.0. The molecule has 0 fully saturated rings. The molecule has 2 N–H and O–H groups in total. The number of fused-ring (bicyclic) bond motifs is 3. The third-order valence-corrected chi connectivity index (χ3v) is 6.12. The summed E-state index contributed by atoms with van der Waals surface area (Å²) in [6, 6.07) is 22.5. The quantitative estimate of drug-likeness (QED) is 0.279. The zero-order valence-corrected chi connectivity index (χ0v) is 18.9. The number of hydrogen-bond acceptors (Lipinski definition) is 3. The zero-order chi connectivity index (χ0) is 22.9. The van der Waals surface area contributed by atoms with Gasteiger partial charge in [-0.25, -0.2) is 5.43 Å². The Labute approximate surface area is 191 Å². The minimum absolute atomic E-state index is 0.336. The first-order valence-electron chi connectivity index (χ1n) is 11.0. The van der Waals surface area contributed by atoms with E-state index in [-0.39, 0.29) is 5.91 Å². The first-order valence-corrected chi connectivity index (χ1v) is 11.0. The Hall–Kier alpha value is -4.19. The highest BCUT2D eigenvalue weighted by Gasteiger charge is 2.12. The summed E-state index contributed by atoms with van der Waals surface area (Å²) in [6.07, 6.45) is 1.66. The predicted octanol–water partition coefficient (Wildman–Crippen LogP) is 5.59. The maximum Gasteiger partial charge on any atom is 0.289 e. The molecule has 0 bridgehead atoms. The van der Waals surface area contributed by atoms with Crippen LogP contribution in [-0.4, -0.2) is 26.9 Å². The standard InChI is InChI=1S/C27H25N5O/c1-4-32-25-8-6-5-7-21(25)22-14-19(10-12-26(22)32)16-28-31-27(33)24-15-23(29-30-24)20-11-9-17(2)18(3)13-20/h5-16H,4H2,1-3H3,(H,29,30)(H,31,33). The number of aromatic amines is 1. The SMILES string of the molecule is CCn1c2ccccc2c2cc(C=NNC(=O)c3cc(-c4ccc(C)c(C)c4)n[nH]3)ccc21. The van der Waals surface area contributed by atoms with Gasteiger partial charge in [0.05, 0.1) is 11.9 Å². The van der Waals surface area contributed by atoms with Crippen LogP contribution in [-0.2, 0) is 6.54 Å². The van der Waals surface area contributed by atoms with Crippen LogP contribution in [0, 0.1) is 13.8 Å². The summed E-state index contributed by atoms with van der Waals surface area (Å²) in [5.74, 6) is -0.336. The summed E-state index contributed by atoms with van der Waals surface area (Å²) in [4.78, 5) is 12.5. The van der Waals surface area contributed by atoms with Crippen LogP contribution in [0.4, 0.5) is 0 Å². The fraction of sp³-hybridized carbons (Fsp3) is 0.148. The highest BCUT2D eigenvalue weighted by atomic mass is 16.2. The average molecular weight is 436 g/mol. The van der Waals surface area contributed by atoms with Crippen molar-refractivity contribution >= 4 is 33.9 Å². The van der Waals surface area contributed by atoms with Crippen LogP contribution in [0.1, 0.15) is 34.1 Å². The Balaban J connectivity index is 1.34. The summed E-state index contributed by atoms with van der Waals surface area (Å²) < 4.78 is 2.30. The van der Waals surface area contributed by atoms with E-state index in [4.69, 9.17) is 0 Å². The monoisotopic (exact) mass is 435 g/mol. The number of nitrogens with one attached hydrogen (secondary N) is 2. The van der Waals surface area contributed by atoms with Crippen molar-refractivity contribution in [2.24, 2.45) is 5.10 Å². The molecule has 2 aromatic heterocycles. The fourth-order valence-electron chi connectivity index (χ4n) is 4.20. The van der Waals surface area contributed by atoms with Gasteiger partial charge in [0, 0.05) is 33.9 Å². The molecule has 6 heteroatoms. The summed E-state index contributed by atoms with van der Waals surface area (Å²) in [5, 5.41) is 13.6. The second-order valence-corrected chi connectivity index (χ2v) is 8.20. The maximum absolute atomic E-state index is 12.5. The second-order valence-electron chi connectivity index (χ2n) is 8.20. The topological polar surface area (TPSA) is 75.1 Å². The van der Waals surface area contributed by atoms with Gasteiger partial charge in [-0.3, -0.25) is 9.89 Å². The summed E-state index contributed by atoms with van der Waals surface area (Å²) >= 11 is 0. The molecule has 1 amide bonds. The number of hydrazone groups is 1. The van der Waals surface area contributed by atoms with Gasteiger partial charge in [0.25, 0.3) is 5.91 Å². The minimum atomic E-state index is -0.336. The van der Waals surface area contributed by atoms with Gasteiger partial charge in [-0.2, -0.15) is 10.2 Å². The summed E-state index contributed by atoms with van der Waals surface area (Å²) in [6.45, 7) is 7.19. The van der Waals surface area contributed by atoms with Crippen molar-refractivity contribution in [3.63, 3.8) is 0 Å². The number of H-pyrrole nitrogens is 1. The van der Waals surface area contributed by atoms with E-state index in [1.807, 2.05) is 12.1 Å². The van der Waals surface area contributed by atoms with Crippen LogP contribution in [0.5, 0.6) is 0 Å². The molecule has 0 aliphatic rings. The van der Waals surface area contributed by atoms with Gasteiger partial charge in [0.15, 0.2) is 0 Å². The molecule has 0 atom stereocenters. The van der Waals surface area contributed by atoms with Gasteiger partial charge < -0.3 is 4.57 Å². The third kappa shape index (κ3) is 3.80. The number of benzene rings is 3. The largest absolute Gasteiger partial charge is 0.341 e. The number of rotatable bonds is 5. The third-order valence-electron chi connectivity index (χ3n) is 6.12. The smallest absolute Gasteiger partial charge is 0.289 e. The highest BCUT2D eigenvalue weighted by molar-refractivity contribution is 6.09. The van der Waals surface area contributed by atoms with E-state index in [9.17, 15) is 4.79 Å². The molecule has 3 aromatic carbocycles. The minimum Gasteiger partial charge on any atom is -0.341 e. The number of amides is 1. The van der Waals surface area contributed by atoms with Crippen LogP contribution in [0.25, 0.3) is 33.1 Å². The molecule has 6 nitrogen and oxygen atoms in total. The normalized spacial score (nSPS) is 11.6. The number of nitrogens with zero attached hydrogens (tertiary/aromatic N) is 3. The number of hydrogen-bond donors (Lipinski definition) is 2. The van der Waals surface area contributed by atoms with Crippen molar-refractivity contribution in [1.82, 2.24) is 20.2 Å². The fourth-order valence-corrected chi connectivity index (χ4v) is 4.20. The number of carbonyl (C=O) groups excluding carboxylic acids is 1. The zero-order valence-electron chi connectivity index (χ0n) is 18.9.